The van der Waals surface area contributed by atoms with Gasteiger partial charge in [-0.3, -0.25) is 0 Å². The van der Waals surface area contributed by atoms with Crippen LogP contribution in [0, 0.1) is 5.82 Å². The summed E-state index contributed by atoms with van der Waals surface area (Å²) in [6.45, 7) is 0.241. The zero-order valence-corrected chi connectivity index (χ0v) is 11.4. The number of rotatable bonds is 3. The highest BCUT2D eigenvalue weighted by Crippen LogP contribution is 2.27. The second-order valence-corrected chi connectivity index (χ2v) is 4.86. The van der Waals surface area contributed by atoms with E-state index in [9.17, 15) is 4.39 Å². The normalized spacial score (nSPS) is 10.7. The third kappa shape index (κ3) is 2.47. The minimum absolute atomic E-state index is 0.118. The summed E-state index contributed by atoms with van der Waals surface area (Å²) >= 11 is 5.92. The number of benzene rings is 3. The van der Waals surface area contributed by atoms with Gasteiger partial charge < -0.3 is 4.74 Å². The van der Waals surface area contributed by atoms with Crippen LogP contribution >= 0.6 is 11.6 Å². The van der Waals surface area contributed by atoms with Gasteiger partial charge >= 0.3 is 0 Å². The summed E-state index contributed by atoms with van der Waals surface area (Å²) in [5.41, 5.74) is 0.639. The van der Waals surface area contributed by atoms with Gasteiger partial charge in [0.25, 0.3) is 0 Å². The van der Waals surface area contributed by atoms with E-state index in [4.69, 9.17) is 16.3 Å². The molecule has 3 rings (SSSR count). The summed E-state index contributed by atoms with van der Waals surface area (Å²) < 4.78 is 19.2. The number of hydrogen-bond donors (Lipinski definition) is 0. The van der Waals surface area contributed by atoms with Crippen LogP contribution < -0.4 is 4.74 Å². The standard InChI is InChI=1S/C17H12ClFO/c18-17-13(7-3-9-15(17)19)11-20-16-10-4-6-12-5-1-2-8-14(12)16/h1-10H,11H2. The third-order valence-electron chi connectivity index (χ3n) is 3.16. The fourth-order valence-corrected chi connectivity index (χ4v) is 2.32. The second-order valence-electron chi connectivity index (χ2n) is 4.48. The van der Waals surface area contributed by atoms with Gasteiger partial charge in [0.2, 0.25) is 0 Å². The van der Waals surface area contributed by atoms with Crippen molar-refractivity contribution in [3.63, 3.8) is 0 Å². The monoisotopic (exact) mass is 286 g/mol. The number of hydrogen-bond acceptors (Lipinski definition) is 1. The van der Waals surface area contributed by atoms with Crippen LogP contribution in [0.2, 0.25) is 5.02 Å². The summed E-state index contributed by atoms with van der Waals surface area (Å²) in [6.07, 6.45) is 0. The zero-order valence-electron chi connectivity index (χ0n) is 10.6. The first-order chi connectivity index (χ1) is 9.75. The van der Waals surface area contributed by atoms with Gasteiger partial charge in [0.1, 0.15) is 18.2 Å². The van der Waals surface area contributed by atoms with Gasteiger partial charge in [0.05, 0.1) is 5.02 Å². The van der Waals surface area contributed by atoms with Crippen LogP contribution in [0.5, 0.6) is 5.75 Å². The predicted octanol–water partition coefficient (Wildman–Crippen LogP) is 5.21. The second kappa shape index (κ2) is 5.51. The molecule has 3 aromatic rings. The van der Waals surface area contributed by atoms with Gasteiger partial charge in [0.15, 0.2) is 0 Å². The van der Waals surface area contributed by atoms with E-state index in [0.717, 1.165) is 16.5 Å². The van der Waals surface area contributed by atoms with E-state index in [1.54, 1.807) is 12.1 Å². The zero-order chi connectivity index (χ0) is 13.9. The Kier molecular flexibility index (Phi) is 3.57. The van der Waals surface area contributed by atoms with E-state index < -0.39 is 5.82 Å². The van der Waals surface area contributed by atoms with Gasteiger partial charge in [-0.15, -0.1) is 0 Å². The molecule has 0 N–H and O–H groups in total. The lowest BCUT2D eigenvalue weighted by Crippen LogP contribution is -1.98. The smallest absolute Gasteiger partial charge is 0.142 e. The Morgan fingerprint density at radius 3 is 2.55 bits per heavy atom. The highest BCUT2D eigenvalue weighted by molar-refractivity contribution is 6.31. The molecule has 0 aromatic heterocycles. The van der Waals surface area contributed by atoms with Crippen LogP contribution in [0.15, 0.2) is 60.7 Å². The van der Waals surface area contributed by atoms with Crippen LogP contribution in [0.25, 0.3) is 10.8 Å². The molecular formula is C17H12ClFO. The topological polar surface area (TPSA) is 9.23 Å². The summed E-state index contributed by atoms with van der Waals surface area (Å²) in [7, 11) is 0. The van der Waals surface area contributed by atoms with Crippen LogP contribution in [-0.2, 0) is 6.61 Å². The lowest BCUT2D eigenvalue weighted by atomic mass is 10.1. The van der Waals surface area contributed by atoms with Crippen molar-refractivity contribution in [3.05, 3.63) is 77.1 Å². The van der Waals surface area contributed by atoms with Crippen molar-refractivity contribution >= 4 is 22.4 Å². The van der Waals surface area contributed by atoms with Gasteiger partial charge in [-0.05, 0) is 17.5 Å². The molecule has 0 amide bonds. The lowest BCUT2D eigenvalue weighted by molar-refractivity contribution is 0.309. The SMILES string of the molecule is Fc1cccc(COc2cccc3ccccc23)c1Cl. The Hall–Kier alpha value is -2.06. The van der Waals surface area contributed by atoms with Crippen LogP contribution in [0.4, 0.5) is 4.39 Å². The molecule has 0 unspecified atom stereocenters. The molecule has 0 atom stereocenters. The number of ether oxygens (including phenoxy) is 1. The molecule has 0 saturated heterocycles. The van der Waals surface area contributed by atoms with Gasteiger partial charge in [-0.1, -0.05) is 60.1 Å². The maximum atomic E-state index is 13.4. The molecule has 0 aliphatic heterocycles. The highest BCUT2D eigenvalue weighted by Gasteiger charge is 2.07. The third-order valence-corrected chi connectivity index (χ3v) is 3.59. The molecule has 0 radical (unpaired) electrons. The number of fused-ring (bicyclic) bond motifs is 1. The maximum Gasteiger partial charge on any atom is 0.142 e. The molecule has 3 heteroatoms. The van der Waals surface area contributed by atoms with Crippen molar-refractivity contribution in [3.8, 4) is 5.75 Å². The molecule has 100 valence electrons. The summed E-state index contributed by atoms with van der Waals surface area (Å²) in [6, 6.07) is 18.6. The first kappa shape index (κ1) is 12.9. The Morgan fingerprint density at radius 1 is 0.900 bits per heavy atom. The van der Waals surface area contributed by atoms with Crippen LogP contribution in [-0.4, -0.2) is 0 Å². The minimum Gasteiger partial charge on any atom is -0.488 e. The van der Waals surface area contributed by atoms with Crippen molar-refractivity contribution in [1.82, 2.24) is 0 Å². The van der Waals surface area contributed by atoms with Gasteiger partial charge in [0, 0.05) is 10.9 Å². The summed E-state index contributed by atoms with van der Waals surface area (Å²) in [5, 5.41) is 2.26. The molecule has 3 aromatic carbocycles. The molecule has 1 nitrogen and oxygen atoms in total. The van der Waals surface area contributed by atoms with Crippen molar-refractivity contribution in [2.24, 2.45) is 0 Å². The van der Waals surface area contributed by atoms with Gasteiger partial charge in [-0.2, -0.15) is 0 Å². The molecule has 0 spiro atoms. The van der Waals surface area contributed by atoms with E-state index in [2.05, 4.69) is 0 Å². The fraction of sp³-hybridized carbons (Fsp3) is 0.0588. The molecule has 0 aliphatic rings. The highest BCUT2D eigenvalue weighted by atomic mass is 35.5. The maximum absolute atomic E-state index is 13.4. The van der Waals surface area contributed by atoms with Crippen LogP contribution in [0.3, 0.4) is 0 Å². The molecule has 0 heterocycles. The average molecular weight is 287 g/mol. The van der Waals surface area contributed by atoms with E-state index in [1.807, 2.05) is 42.5 Å². The Balaban J connectivity index is 1.89. The average Bonchev–Trinajstić information content (AvgIpc) is 2.49. The van der Waals surface area contributed by atoms with Gasteiger partial charge in [-0.25, -0.2) is 4.39 Å². The van der Waals surface area contributed by atoms with Crippen molar-refractivity contribution in [2.75, 3.05) is 0 Å². The minimum atomic E-state index is -0.425. The van der Waals surface area contributed by atoms with E-state index in [0.29, 0.717) is 5.56 Å². The first-order valence-corrected chi connectivity index (χ1v) is 6.67. The molecule has 20 heavy (non-hydrogen) atoms. The van der Waals surface area contributed by atoms with E-state index in [-0.39, 0.29) is 11.6 Å². The van der Waals surface area contributed by atoms with E-state index >= 15 is 0 Å². The largest absolute Gasteiger partial charge is 0.488 e. The van der Waals surface area contributed by atoms with Crippen LogP contribution in [0.1, 0.15) is 5.56 Å². The molecule has 0 aliphatic carbocycles. The lowest BCUT2D eigenvalue weighted by Gasteiger charge is -2.10. The Bertz CT molecular complexity index is 750. The molecule has 0 saturated carbocycles. The Labute approximate surface area is 121 Å². The van der Waals surface area contributed by atoms with Crippen molar-refractivity contribution in [2.45, 2.75) is 6.61 Å². The van der Waals surface area contributed by atoms with E-state index in [1.165, 1.54) is 6.07 Å². The summed E-state index contributed by atoms with van der Waals surface area (Å²) in [5.74, 6) is 0.342. The fourth-order valence-electron chi connectivity index (χ4n) is 2.14. The molecular weight excluding hydrogens is 275 g/mol. The first-order valence-electron chi connectivity index (χ1n) is 6.29. The number of halogens is 2. The predicted molar refractivity (Wildman–Crippen MR) is 79.7 cm³/mol. The Morgan fingerprint density at radius 2 is 1.65 bits per heavy atom. The molecule has 0 bridgehead atoms. The van der Waals surface area contributed by atoms with Crippen molar-refractivity contribution in [1.29, 1.82) is 0 Å². The van der Waals surface area contributed by atoms with Crippen molar-refractivity contribution < 1.29 is 9.13 Å². The molecule has 0 fully saturated rings. The quantitative estimate of drug-likeness (QED) is 0.642. The summed E-state index contributed by atoms with van der Waals surface area (Å²) in [4.78, 5) is 0.